The van der Waals surface area contributed by atoms with Crippen LogP contribution in [-0.4, -0.2) is 9.97 Å². The summed E-state index contributed by atoms with van der Waals surface area (Å²) in [4.78, 5) is 8.77. The first kappa shape index (κ1) is 13.2. The van der Waals surface area contributed by atoms with Gasteiger partial charge in [0.1, 0.15) is 11.6 Å². The highest BCUT2D eigenvalue weighted by Gasteiger charge is 2.12. The molecule has 1 heterocycles. The number of rotatable bonds is 2. The molecule has 2 rings (SSSR count). The zero-order valence-corrected chi connectivity index (χ0v) is 12.3. The first-order valence-electron chi connectivity index (χ1n) is 5.61. The van der Waals surface area contributed by atoms with Crippen LogP contribution in [0.25, 0.3) is 11.4 Å². The third kappa shape index (κ3) is 2.45. The highest BCUT2D eigenvalue weighted by molar-refractivity contribution is 14.1. The Morgan fingerprint density at radius 3 is 2.67 bits per heavy atom. The fourth-order valence-corrected chi connectivity index (χ4v) is 2.37. The van der Waals surface area contributed by atoms with Crippen molar-refractivity contribution in [1.82, 2.24) is 9.97 Å². The van der Waals surface area contributed by atoms with Crippen LogP contribution in [0.1, 0.15) is 18.2 Å². The second kappa shape index (κ2) is 5.17. The Morgan fingerprint density at radius 2 is 2.06 bits per heavy atom. The van der Waals surface area contributed by atoms with Gasteiger partial charge in [0.2, 0.25) is 0 Å². The molecule has 0 atom stereocenters. The van der Waals surface area contributed by atoms with Crippen LogP contribution in [-0.2, 0) is 6.42 Å². The summed E-state index contributed by atoms with van der Waals surface area (Å²) in [5, 5.41) is 0. The first-order chi connectivity index (χ1) is 8.52. The van der Waals surface area contributed by atoms with Crippen molar-refractivity contribution in [2.24, 2.45) is 0 Å². The summed E-state index contributed by atoms with van der Waals surface area (Å²) in [6, 6.07) is 4.57. The summed E-state index contributed by atoms with van der Waals surface area (Å²) >= 11 is 2.14. The number of halogens is 2. The molecule has 2 N–H and O–H groups in total. The van der Waals surface area contributed by atoms with Crippen LogP contribution in [0.3, 0.4) is 0 Å². The molecule has 0 amide bonds. The Labute approximate surface area is 119 Å². The fourth-order valence-electron chi connectivity index (χ4n) is 1.75. The molecule has 1 aromatic carbocycles. The van der Waals surface area contributed by atoms with E-state index >= 15 is 0 Å². The summed E-state index contributed by atoms with van der Waals surface area (Å²) in [7, 11) is 0. The van der Waals surface area contributed by atoms with E-state index in [0.29, 0.717) is 11.6 Å². The number of benzene rings is 1. The van der Waals surface area contributed by atoms with Gasteiger partial charge >= 0.3 is 0 Å². The molecule has 5 heteroatoms. The van der Waals surface area contributed by atoms with Crippen molar-refractivity contribution < 1.29 is 4.39 Å². The molecule has 0 radical (unpaired) electrons. The normalized spacial score (nSPS) is 10.7. The maximum Gasteiger partial charge on any atom is 0.162 e. The number of hydrogen-bond donors (Lipinski definition) is 1. The Hall–Kier alpha value is -1.24. The lowest BCUT2D eigenvalue weighted by atomic mass is 10.1. The van der Waals surface area contributed by atoms with Crippen LogP contribution >= 0.6 is 22.6 Å². The summed E-state index contributed by atoms with van der Waals surface area (Å²) in [5.74, 6) is 0.772. The van der Waals surface area contributed by atoms with Gasteiger partial charge in [-0.1, -0.05) is 6.92 Å². The zero-order chi connectivity index (χ0) is 13.3. The maximum absolute atomic E-state index is 13.1. The van der Waals surface area contributed by atoms with Crippen molar-refractivity contribution in [3.05, 3.63) is 38.8 Å². The number of anilines is 1. The van der Waals surface area contributed by atoms with Crippen molar-refractivity contribution in [2.45, 2.75) is 20.3 Å². The SMILES string of the molecule is CCc1nc(-c2ccc(F)cc2C)nc(N)c1I. The molecule has 3 nitrogen and oxygen atoms in total. The number of aryl methyl sites for hydroxylation is 2. The minimum Gasteiger partial charge on any atom is -0.383 e. The van der Waals surface area contributed by atoms with Crippen LogP contribution in [0.2, 0.25) is 0 Å². The van der Waals surface area contributed by atoms with Gasteiger partial charge in [0.25, 0.3) is 0 Å². The van der Waals surface area contributed by atoms with Crippen LogP contribution < -0.4 is 5.73 Å². The number of hydrogen-bond acceptors (Lipinski definition) is 3. The topological polar surface area (TPSA) is 51.8 Å². The maximum atomic E-state index is 13.1. The molecule has 0 spiro atoms. The van der Waals surface area contributed by atoms with Gasteiger partial charge in [-0.15, -0.1) is 0 Å². The van der Waals surface area contributed by atoms with Gasteiger partial charge in [0.15, 0.2) is 5.82 Å². The van der Waals surface area contributed by atoms with E-state index in [9.17, 15) is 4.39 Å². The highest BCUT2D eigenvalue weighted by atomic mass is 127. The molecule has 0 saturated heterocycles. The molecule has 0 unspecified atom stereocenters. The number of aromatic nitrogens is 2. The lowest BCUT2D eigenvalue weighted by Gasteiger charge is -2.09. The molecular formula is C13H13FIN3. The second-order valence-corrected chi connectivity index (χ2v) is 5.08. The highest BCUT2D eigenvalue weighted by Crippen LogP contribution is 2.25. The van der Waals surface area contributed by atoms with E-state index in [1.54, 1.807) is 6.07 Å². The predicted molar refractivity (Wildman–Crippen MR) is 78.7 cm³/mol. The van der Waals surface area contributed by atoms with Crippen LogP contribution in [0.15, 0.2) is 18.2 Å². The zero-order valence-electron chi connectivity index (χ0n) is 10.2. The molecule has 94 valence electrons. The van der Waals surface area contributed by atoms with Crippen molar-refractivity contribution >= 4 is 28.4 Å². The van der Waals surface area contributed by atoms with E-state index in [-0.39, 0.29) is 5.82 Å². The number of nitrogens with zero attached hydrogens (tertiary/aromatic N) is 2. The molecule has 18 heavy (non-hydrogen) atoms. The van der Waals surface area contributed by atoms with E-state index < -0.39 is 0 Å². The Kier molecular flexibility index (Phi) is 3.79. The number of nitrogens with two attached hydrogens (primary N) is 1. The molecule has 0 saturated carbocycles. The van der Waals surface area contributed by atoms with Crippen molar-refractivity contribution in [2.75, 3.05) is 5.73 Å². The monoisotopic (exact) mass is 357 g/mol. The fraction of sp³-hybridized carbons (Fsp3) is 0.231. The molecule has 0 aliphatic carbocycles. The number of nitrogen functional groups attached to an aromatic ring is 1. The lowest BCUT2D eigenvalue weighted by Crippen LogP contribution is -2.05. The van der Waals surface area contributed by atoms with Crippen molar-refractivity contribution in [1.29, 1.82) is 0 Å². The standard InChI is InChI=1S/C13H13FIN3/c1-3-10-11(15)12(16)18-13(17-10)9-5-4-8(14)6-7(9)2/h4-6H,3H2,1-2H3,(H2,16,17,18). The van der Waals surface area contributed by atoms with Gasteiger partial charge in [-0.3, -0.25) is 0 Å². The second-order valence-electron chi connectivity index (χ2n) is 4.01. The van der Waals surface area contributed by atoms with Crippen molar-refractivity contribution in [3.63, 3.8) is 0 Å². The van der Waals surface area contributed by atoms with Gasteiger partial charge in [0.05, 0.1) is 9.26 Å². The Balaban J connectivity index is 2.60. The predicted octanol–water partition coefficient (Wildman–Crippen LogP) is 3.34. The Bertz CT molecular complexity index is 599. The molecule has 0 fully saturated rings. The van der Waals surface area contributed by atoms with E-state index in [2.05, 4.69) is 32.6 Å². The average molecular weight is 357 g/mol. The summed E-state index contributed by atoms with van der Waals surface area (Å²) < 4.78 is 14.0. The molecule has 0 bridgehead atoms. The smallest absolute Gasteiger partial charge is 0.162 e. The first-order valence-corrected chi connectivity index (χ1v) is 6.69. The minimum atomic E-state index is -0.259. The van der Waals surface area contributed by atoms with Crippen molar-refractivity contribution in [3.8, 4) is 11.4 Å². The van der Waals surface area contributed by atoms with E-state index in [0.717, 1.165) is 26.8 Å². The third-order valence-electron chi connectivity index (χ3n) is 2.71. The molecule has 1 aromatic heterocycles. The van der Waals surface area contributed by atoms with Gasteiger partial charge in [-0.05, 0) is 59.7 Å². The van der Waals surface area contributed by atoms with Gasteiger partial charge in [0, 0.05) is 5.56 Å². The van der Waals surface area contributed by atoms with Gasteiger partial charge in [-0.25, -0.2) is 14.4 Å². The van der Waals surface area contributed by atoms with Crippen LogP contribution in [0.5, 0.6) is 0 Å². The van der Waals surface area contributed by atoms with E-state index in [4.69, 9.17) is 5.73 Å². The quantitative estimate of drug-likeness (QED) is 0.839. The van der Waals surface area contributed by atoms with E-state index in [1.807, 2.05) is 13.8 Å². The van der Waals surface area contributed by atoms with Crippen LogP contribution in [0.4, 0.5) is 10.2 Å². The molecular weight excluding hydrogens is 344 g/mol. The van der Waals surface area contributed by atoms with Gasteiger partial charge in [-0.2, -0.15) is 0 Å². The molecule has 2 aromatic rings. The minimum absolute atomic E-state index is 0.259. The van der Waals surface area contributed by atoms with Gasteiger partial charge < -0.3 is 5.73 Å². The largest absolute Gasteiger partial charge is 0.383 e. The molecule has 0 aliphatic heterocycles. The summed E-state index contributed by atoms with van der Waals surface area (Å²) in [6.07, 6.45) is 0.790. The lowest BCUT2D eigenvalue weighted by molar-refractivity contribution is 0.627. The van der Waals surface area contributed by atoms with Crippen LogP contribution in [0, 0.1) is 16.3 Å². The van der Waals surface area contributed by atoms with E-state index in [1.165, 1.54) is 12.1 Å². The Morgan fingerprint density at radius 1 is 1.33 bits per heavy atom. The summed E-state index contributed by atoms with van der Waals surface area (Å²) in [6.45, 7) is 3.85. The summed E-state index contributed by atoms with van der Waals surface area (Å²) in [5.41, 5.74) is 8.42. The third-order valence-corrected chi connectivity index (χ3v) is 3.88. The molecule has 0 aliphatic rings. The average Bonchev–Trinajstić information content (AvgIpc) is 2.32.